The fraction of sp³-hybridized carbons (Fsp3) is 0.375. The average Bonchev–Trinajstić information content (AvgIpc) is 3.49. The van der Waals surface area contributed by atoms with Crippen molar-refractivity contribution in [1.29, 1.82) is 0 Å². The van der Waals surface area contributed by atoms with E-state index in [2.05, 4.69) is 5.32 Å². The molecule has 0 saturated heterocycles. The van der Waals surface area contributed by atoms with Crippen molar-refractivity contribution in [3.05, 3.63) is 89.5 Å². The van der Waals surface area contributed by atoms with Crippen molar-refractivity contribution in [2.45, 2.75) is 70.0 Å². The Morgan fingerprint density at radius 3 is 2.37 bits per heavy atom. The SMILES string of the molecule is COc1cccc(CN(C(=O)CN(c2cc(C)ccc2C)S(=O)(=O)c2ccccc2)[C@H](C)C(=O)NC2CCCC2)c1. The van der Waals surface area contributed by atoms with Crippen molar-refractivity contribution in [3.8, 4) is 5.75 Å². The van der Waals surface area contributed by atoms with Crippen LogP contribution in [-0.2, 0) is 26.2 Å². The van der Waals surface area contributed by atoms with Crippen molar-refractivity contribution in [2.24, 2.45) is 0 Å². The number of amides is 2. The Morgan fingerprint density at radius 2 is 1.68 bits per heavy atom. The van der Waals surface area contributed by atoms with Gasteiger partial charge in [0.05, 0.1) is 17.7 Å². The van der Waals surface area contributed by atoms with Gasteiger partial charge in [-0.05, 0) is 80.6 Å². The zero-order valence-electron chi connectivity index (χ0n) is 24.2. The molecule has 1 atom stereocenters. The highest BCUT2D eigenvalue weighted by Gasteiger charge is 2.34. The largest absolute Gasteiger partial charge is 0.497 e. The van der Waals surface area contributed by atoms with Gasteiger partial charge in [-0.1, -0.05) is 55.3 Å². The van der Waals surface area contributed by atoms with Crippen molar-refractivity contribution in [2.75, 3.05) is 18.0 Å². The molecule has 0 unspecified atom stereocenters. The highest BCUT2D eigenvalue weighted by atomic mass is 32.2. The number of ether oxygens (including phenoxy) is 1. The summed E-state index contributed by atoms with van der Waals surface area (Å²) >= 11 is 0. The molecular weight excluding hydrogens is 538 g/mol. The Bertz CT molecular complexity index is 1470. The molecule has 0 spiro atoms. The molecular formula is C32H39N3O5S. The lowest BCUT2D eigenvalue weighted by Crippen LogP contribution is -2.52. The average molecular weight is 578 g/mol. The van der Waals surface area contributed by atoms with Crippen LogP contribution in [0.5, 0.6) is 5.75 Å². The minimum atomic E-state index is -4.10. The van der Waals surface area contributed by atoms with Crippen molar-refractivity contribution >= 4 is 27.5 Å². The van der Waals surface area contributed by atoms with E-state index in [0.717, 1.165) is 41.1 Å². The molecule has 218 valence electrons. The Morgan fingerprint density at radius 1 is 0.976 bits per heavy atom. The number of anilines is 1. The van der Waals surface area contributed by atoms with Crippen LogP contribution in [0.2, 0.25) is 0 Å². The quantitative estimate of drug-likeness (QED) is 0.347. The van der Waals surface area contributed by atoms with Crippen molar-refractivity contribution in [1.82, 2.24) is 10.2 Å². The first-order valence-corrected chi connectivity index (χ1v) is 15.4. The summed E-state index contributed by atoms with van der Waals surface area (Å²) in [6, 6.07) is 20.2. The normalized spacial score (nSPS) is 14.3. The van der Waals surface area contributed by atoms with Crippen LogP contribution in [-0.4, -0.2) is 50.9 Å². The summed E-state index contributed by atoms with van der Waals surface area (Å²) in [5.74, 6) is -0.110. The number of rotatable bonds is 11. The predicted molar refractivity (Wildman–Crippen MR) is 160 cm³/mol. The van der Waals surface area contributed by atoms with E-state index in [1.54, 1.807) is 44.4 Å². The van der Waals surface area contributed by atoms with E-state index in [4.69, 9.17) is 4.74 Å². The number of hydrogen-bond donors (Lipinski definition) is 1. The van der Waals surface area contributed by atoms with Crippen LogP contribution in [0, 0.1) is 13.8 Å². The van der Waals surface area contributed by atoms with E-state index >= 15 is 0 Å². The summed E-state index contributed by atoms with van der Waals surface area (Å²) in [7, 11) is -2.54. The molecule has 1 fully saturated rings. The van der Waals surface area contributed by atoms with E-state index in [1.165, 1.54) is 17.0 Å². The minimum absolute atomic E-state index is 0.0834. The highest BCUT2D eigenvalue weighted by molar-refractivity contribution is 7.92. The Balaban J connectivity index is 1.71. The van der Waals surface area contributed by atoms with Gasteiger partial charge >= 0.3 is 0 Å². The summed E-state index contributed by atoms with van der Waals surface area (Å²) in [6.07, 6.45) is 3.96. The second kappa shape index (κ2) is 13.2. The number of sulfonamides is 1. The third-order valence-electron chi connectivity index (χ3n) is 7.60. The molecule has 1 N–H and O–H groups in total. The number of benzene rings is 3. The predicted octanol–water partition coefficient (Wildman–Crippen LogP) is 4.98. The number of nitrogens with one attached hydrogen (secondary N) is 1. The summed E-state index contributed by atoms with van der Waals surface area (Å²) in [6.45, 7) is 5.03. The molecule has 1 aliphatic rings. The second-order valence-electron chi connectivity index (χ2n) is 10.7. The molecule has 0 radical (unpaired) electrons. The van der Waals surface area contributed by atoms with Gasteiger partial charge in [0.15, 0.2) is 0 Å². The minimum Gasteiger partial charge on any atom is -0.497 e. The molecule has 0 heterocycles. The van der Waals surface area contributed by atoms with Crippen LogP contribution in [0.25, 0.3) is 0 Å². The lowest BCUT2D eigenvalue weighted by Gasteiger charge is -2.33. The molecule has 3 aromatic carbocycles. The Kier molecular flexibility index (Phi) is 9.70. The standard InChI is InChI=1S/C32H39N3O5S/c1-23-17-18-24(2)30(19-23)35(41(38,39)29-15-6-5-7-16-29)22-31(36)34(21-26-11-10-14-28(20-26)40-4)25(3)32(37)33-27-12-8-9-13-27/h5-7,10-11,14-20,25,27H,8-9,12-13,21-22H2,1-4H3,(H,33,37)/t25-/m1/s1. The van der Waals surface area contributed by atoms with E-state index in [-0.39, 0.29) is 23.4 Å². The first-order valence-electron chi connectivity index (χ1n) is 14.0. The first-order chi connectivity index (χ1) is 19.6. The molecule has 0 aromatic heterocycles. The third-order valence-corrected chi connectivity index (χ3v) is 9.37. The monoisotopic (exact) mass is 577 g/mol. The summed E-state index contributed by atoms with van der Waals surface area (Å²) in [5.41, 5.74) is 2.77. The highest BCUT2D eigenvalue weighted by Crippen LogP contribution is 2.29. The van der Waals surface area contributed by atoms with Gasteiger partial charge in [-0.2, -0.15) is 0 Å². The molecule has 8 nitrogen and oxygen atoms in total. The van der Waals surface area contributed by atoms with Crippen molar-refractivity contribution in [3.63, 3.8) is 0 Å². The van der Waals surface area contributed by atoms with Crippen LogP contribution in [0.15, 0.2) is 77.7 Å². The molecule has 9 heteroatoms. The third kappa shape index (κ3) is 7.27. The van der Waals surface area contributed by atoms with Gasteiger partial charge in [0.1, 0.15) is 18.3 Å². The molecule has 4 rings (SSSR count). The fourth-order valence-electron chi connectivity index (χ4n) is 5.16. The fourth-order valence-corrected chi connectivity index (χ4v) is 6.65. The zero-order valence-corrected chi connectivity index (χ0v) is 25.0. The molecule has 1 saturated carbocycles. The molecule has 0 bridgehead atoms. The topological polar surface area (TPSA) is 96.0 Å². The number of nitrogens with zero attached hydrogens (tertiary/aromatic N) is 2. The lowest BCUT2D eigenvalue weighted by molar-refractivity contribution is -0.139. The first kappa shape index (κ1) is 30.1. The number of carbonyl (C=O) groups is 2. The zero-order chi connectivity index (χ0) is 29.6. The van der Waals surface area contributed by atoms with Gasteiger partial charge < -0.3 is 15.0 Å². The number of aryl methyl sites for hydroxylation is 2. The van der Waals surface area contributed by atoms with Crippen LogP contribution in [0.4, 0.5) is 5.69 Å². The molecule has 3 aromatic rings. The van der Waals surface area contributed by atoms with E-state index in [0.29, 0.717) is 17.0 Å². The van der Waals surface area contributed by atoms with Crippen molar-refractivity contribution < 1.29 is 22.7 Å². The summed E-state index contributed by atoms with van der Waals surface area (Å²) in [5, 5.41) is 3.09. The number of carbonyl (C=O) groups excluding carboxylic acids is 2. The molecule has 2 amide bonds. The summed E-state index contributed by atoms with van der Waals surface area (Å²) in [4.78, 5) is 29.1. The van der Waals surface area contributed by atoms with Gasteiger partial charge in [-0.15, -0.1) is 0 Å². The van der Waals surface area contributed by atoms with Crippen LogP contribution >= 0.6 is 0 Å². The van der Waals surface area contributed by atoms with Gasteiger partial charge in [0.2, 0.25) is 11.8 Å². The van der Waals surface area contributed by atoms with E-state index in [1.807, 2.05) is 44.2 Å². The van der Waals surface area contributed by atoms with Gasteiger partial charge in [0.25, 0.3) is 10.0 Å². The smallest absolute Gasteiger partial charge is 0.264 e. The van der Waals surface area contributed by atoms with E-state index in [9.17, 15) is 18.0 Å². The summed E-state index contributed by atoms with van der Waals surface area (Å²) < 4.78 is 34.5. The Hall–Kier alpha value is -3.85. The maximum Gasteiger partial charge on any atom is 0.264 e. The molecule has 1 aliphatic carbocycles. The molecule has 41 heavy (non-hydrogen) atoms. The van der Waals surface area contributed by atoms with Crippen LogP contribution < -0.4 is 14.4 Å². The number of hydrogen-bond acceptors (Lipinski definition) is 5. The van der Waals surface area contributed by atoms with Gasteiger partial charge in [0, 0.05) is 12.6 Å². The number of methoxy groups -OCH3 is 1. The van der Waals surface area contributed by atoms with Gasteiger partial charge in [-0.3, -0.25) is 13.9 Å². The lowest BCUT2D eigenvalue weighted by atomic mass is 10.1. The van der Waals surface area contributed by atoms with Crippen LogP contribution in [0.3, 0.4) is 0 Å². The van der Waals surface area contributed by atoms with Crippen LogP contribution in [0.1, 0.15) is 49.3 Å². The van der Waals surface area contributed by atoms with E-state index < -0.39 is 28.5 Å². The maximum absolute atomic E-state index is 14.2. The van der Waals surface area contributed by atoms with Gasteiger partial charge in [-0.25, -0.2) is 8.42 Å². The second-order valence-corrected chi connectivity index (χ2v) is 12.5. The Labute approximate surface area is 243 Å². The molecule has 0 aliphatic heterocycles. The maximum atomic E-state index is 14.2.